The maximum absolute atomic E-state index is 12.7. The molecule has 2 aromatic rings. The van der Waals surface area contributed by atoms with Crippen molar-refractivity contribution in [3.05, 3.63) is 59.8 Å². The van der Waals surface area contributed by atoms with E-state index in [4.69, 9.17) is 4.42 Å². The van der Waals surface area contributed by atoms with Gasteiger partial charge in [-0.25, -0.2) is 4.39 Å². The van der Waals surface area contributed by atoms with Gasteiger partial charge in [-0.3, -0.25) is 0 Å². The van der Waals surface area contributed by atoms with Gasteiger partial charge >= 0.3 is 0 Å². The summed E-state index contributed by atoms with van der Waals surface area (Å²) in [5.74, 6) is -0.318. The van der Waals surface area contributed by atoms with Gasteiger partial charge < -0.3 is 9.52 Å². The smallest absolute Gasteiger partial charge is 0.123 e. The minimum atomic E-state index is -1.15. The lowest BCUT2D eigenvalue weighted by molar-refractivity contribution is 0.101. The number of hydrogen-bond donors (Lipinski definition) is 1. The first-order valence-corrected chi connectivity index (χ1v) is 4.62. The second kappa shape index (κ2) is 3.51. The molecule has 0 saturated carbocycles. The molecule has 0 radical (unpaired) electrons. The van der Waals surface area contributed by atoms with Crippen molar-refractivity contribution in [2.75, 3.05) is 0 Å². The van der Waals surface area contributed by atoms with Crippen LogP contribution in [0.4, 0.5) is 4.39 Å². The summed E-state index contributed by atoms with van der Waals surface area (Å²) < 4.78 is 17.6. The monoisotopic (exact) mass is 206 g/mol. The van der Waals surface area contributed by atoms with Gasteiger partial charge in [0, 0.05) is 5.56 Å². The molecular weight excluding hydrogens is 195 g/mol. The van der Waals surface area contributed by atoms with Gasteiger partial charge in [-0.2, -0.15) is 0 Å². The molecule has 1 N–H and O–H groups in total. The molecule has 0 bridgehead atoms. The summed E-state index contributed by atoms with van der Waals surface area (Å²) in [6.45, 7) is 1.64. The maximum atomic E-state index is 12.7. The molecule has 0 fully saturated rings. The van der Waals surface area contributed by atoms with Crippen molar-refractivity contribution in [1.82, 2.24) is 0 Å². The average molecular weight is 206 g/mol. The predicted octanol–water partition coefficient (Wildman–Crippen LogP) is 2.67. The molecular formula is C12H11FO2. The highest BCUT2D eigenvalue weighted by Gasteiger charge is 2.26. The molecule has 0 amide bonds. The number of rotatable bonds is 2. The number of hydrogen-bond acceptors (Lipinski definition) is 2. The minimum absolute atomic E-state index is 0.318. The molecule has 0 spiro atoms. The second-order valence-electron chi connectivity index (χ2n) is 3.59. The third kappa shape index (κ3) is 1.78. The van der Waals surface area contributed by atoms with Crippen LogP contribution < -0.4 is 0 Å². The molecule has 0 aliphatic heterocycles. The van der Waals surface area contributed by atoms with Crippen LogP contribution in [0.15, 0.2) is 47.3 Å². The van der Waals surface area contributed by atoms with E-state index in [-0.39, 0.29) is 5.82 Å². The van der Waals surface area contributed by atoms with Gasteiger partial charge in [0.2, 0.25) is 0 Å². The number of furan rings is 1. The Balaban J connectivity index is 2.41. The van der Waals surface area contributed by atoms with Crippen molar-refractivity contribution in [2.24, 2.45) is 0 Å². The van der Waals surface area contributed by atoms with Gasteiger partial charge in [0.1, 0.15) is 11.4 Å². The topological polar surface area (TPSA) is 33.4 Å². The van der Waals surface area contributed by atoms with Crippen LogP contribution in [0.5, 0.6) is 0 Å². The van der Waals surface area contributed by atoms with Crippen molar-refractivity contribution in [3.8, 4) is 0 Å². The molecule has 1 aromatic carbocycles. The summed E-state index contributed by atoms with van der Waals surface area (Å²) in [4.78, 5) is 0. The molecule has 0 aliphatic rings. The molecule has 78 valence electrons. The third-order valence-electron chi connectivity index (χ3n) is 2.49. The van der Waals surface area contributed by atoms with Gasteiger partial charge in [0.15, 0.2) is 0 Å². The Morgan fingerprint density at radius 3 is 2.33 bits per heavy atom. The van der Waals surface area contributed by atoms with E-state index in [1.807, 2.05) is 0 Å². The van der Waals surface area contributed by atoms with Crippen molar-refractivity contribution in [1.29, 1.82) is 0 Å². The lowest BCUT2D eigenvalue weighted by Crippen LogP contribution is -2.21. The zero-order valence-corrected chi connectivity index (χ0v) is 8.27. The molecule has 2 nitrogen and oxygen atoms in total. The van der Waals surface area contributed by atoms with Crippen molar-refractivity contribution < 1.29 is 13.9 Å². The molecule has 2 rings (SSSR count). The minimum Gasteiger partial charge on any atom is -0.472 e. The van der Waals surface area contributed by atoms with Crippen LogP contribution in [0.3, 0.4) is 0 Å². The van der Waals surface area contributed by atoms with Crippen LogP contribution in [0.2, 0.25) is 0 Å². The molecule has 3 heteroatoms. The summed E-state index contributed by atoms with van der Waals surface area (Å²) in [5, 5.41) is 10.3. The molecule has 0 aliphatic carbocycles. The van der Waals surface area contributed by atoms with E-state index in [9.17, 15) is 9.50 Å². The van der Waals surface area contributed by atoms with E-state index >= 15 is 0 Å². The number of aliphatic hydroxyl groups is 1. The van der Waals surface area contributed by atoms with Gasteiger partial charge in [-0.1, -0.05) is 12.1 Å². The Morgan fingerprint density at radius 2 is 1.80 bits per heavy atom. The SMILES string of the molecule is CC(O)(c1ccc(F)cc1)c1ccoc1. The zero-order chi connectivity index (χ0) is 10.9. The molecule has 1 aromatic heterocycles. The highest BCUT2D eigenvalue weighted by Crippen LogP contribution is 2.29. The highest BCUT2D eigenvalue weighted by molar-refractivity contribution is 5.32. The molecule has 0 saturated heterocycles. The van der Waals surface area contributed by atoms with Gasteiger partial charge in [-0.05, 0) is 30.7 Å². The molecule has 1 atom stereocenters. The fourth-order valence-corrected chi connectivity index (χ4v) is 1.48. The fourth-order valence-electron chi connectivity index (χ4n) is 1.48. The average Bonchev–Trinajstić information content (AvgIpc) is 2.71. The van der Waals surface area contributed by atoms with Crippen molar-refractivity contribution >= 4 is 0 Å². The fraction of sp³-hybridized carbons (Fsp3) is 0.167. The number of halogens is 1. The Morgan fingerprint density at radius 1 is 1.13 bits per heavy atom. The van der Waals surface area contributed by atoms with Crippen molar-refractivity contribution in [3.63, 3.8) is 0 Å². The summed E-state index contributed by atoms with van der Waals surface area (Å²) in [5.41, 5.74) is 0.125. The van der Waals surface area contributed by atoms with E-state index in [1.165, 1.54) is 24.7 Å². The molecule has 1 heterocycles. The van der Waals surface area contributed by atoms with Crippen LogP contribution in [0.25, 0.3) is 0 Å². The first-order valence-electron chi connectivity index (χ1n) is 4.62. The van der Waals surface area contributed by atoms with Crippen LogP contribution in [-0.4, -0.2) is 5.11 Å². The van der Waals surface area contributed by atoms with Crippen LogP contribution in [0, 0.1) is 5.82 Å². The summed E-state index contributed by atoms with van der Waals surface area (Å²) in [6.07, 6.45) is 2.97. The zero-order valence-electron chi connectivity index (χ0n) is 8.27. The Labute approximate surface area is 87.0 Å². The van der Waals surface area contributed by atoms with E-state index in [0.717, 1.165) is 0 Å². The first kappa shape index (κ1) is 9.93. The van der Waals surface area contributed by atoms with Crippen LogP contribution >= 0.6 is 0 Å². The quantitative estimate of drug-likeness (QED) is 0.819. The summed E-state index contributed by atoms with van der Waals surface area (Å²) in [7, 11) is 0. The Hall–Kier alpha value is -1.61. The summed E-state index contributed by atoms with van der Waals surface area (Å²) >= 11 is 0. The van der Waals surface area contributed by atoms with E-state index in [2.05, 4.69) is 0 Å². The van der Waals surface area contributed by atoms with E-state index < -0.39 is 5.60 Å². The van der Waals surface area contributed by atoms with Gasteiger partial charge in [0.05, 0.1) is 12.5 Å². The lowest BCUT2D eigenvalue weighted by Gasteiger charge is -2.22. The van der Waals surface area contributed by atoms with Crippen LogP contribution in [-0.2, 0) is 5.60 Å². The largest absolute Gasteiger partial charge is 0.472 e. The second-order valence-corrected chi connectivity index (χ2v) is 3.59. The summed E-state index contributed by atoms with van der Waals surface area (Å²) in [6, 6.07) is 7.45. The highest BCUT2D eigenvalue weighted by atomic mass is 19.1. The molecule has 1 unspecified atom stereocenters. The van der Waals surface area contributed by atoms with Gasteiger partial charge in [-0.15, -0.1) is 0 Å². The normalized spacial score (nSPS) is 14.9. The van der Waals surface area contributed by atoms with Gasteiger partial charge in [0.25, 0.3) is 0 Å². The van der Waals surface area contributed by atoms with E-state index in [0.29, 0.717) is 11.1 Å². The first-order chi connectivity index (χ1) is 7.10. The van der Waals surface area contributed by atoms with Crippen LogP contribution in [0.1, 0.15) is 18.1 Å². The predicted molar refractivity (Wildman–Crippen MR) is 53.8 cm³/mol. The molecule has 15 heavy (non-hydrogen) atoms. The third-order valence-corrected chi connectivity index (χ3v) is 2.49. The Kier molecular flexibility index (Phi) is 2.32. The lowest BCUT2D eigenvalue weighted by atomic mass is 9.90. The standard InChI is InChI=1S/C12H11FO2/c1-12(14,10-6-7-15-8-10)9-2-4-11(13)5-3-9/h2-8,14H,1H3. The maximum Gasteiger partial charge on any atom is 0.123 e. The van der Waals surface area contributed by atoms with Crippen molar-refractivity contribution in [2.45, 2.75) is 12.5 Å². The van der Waals surface area contributed by atoms with E-state index in [1.54, 1.807) is 25.1 Å². The Bertz CT molecular complexity index is 429. The number of benzene rings is 1.